The van der Waals surface area contributed by atoms with Crippen LogP contribution >= 0.6 is 11.3 Å². The summed E-state index contributed by atoms with van der Waals surface area (Å²) in [5, 5.41) is 9.77. The van der Waals surface area contributed by atoms with E-state index in [1.807, 2.05) is 6.92 Å². The lowest BCUT2D eigenvalue weighted by molar-refractivity contribution is 0.0698. The molecule has 2 unspecified atom stereocenters. The van der Waals surface area contributed by atoms with Crippen LogP contribution < -0.4 is 4.72 Å². The second kappa shape index (κ2) is 5.08. The molecule has 7 heteroatoms. The van der Waals surface area contributed by atoms with E-state index < -0.39 is 16.0 Å². The van der Waals surface area contributed by atoms with Crippen molar-refractivity contribution in [3.05, 3.63) is 29.1 Å². The van der Waals surface area contributed by atoms with Gasteiger partial charge in [0.25, 0.3) is 0 Å². The van der Waals surface area contributed by atoms with Gasteiger partial charge in [-0.15, -0.1) is 11.3 Å². The van der Waals surface area contributed by atoms with E-state index in [0.29, 0.717) is 16.0 Å². The highest BCUT2D eigenvalue weighted by Crippen LogP contribution is 2.38. The van der Waals surface area contributed by atoms with Gasteiger partial charge in [0.15, 0.2) is 0 Å². The van der Waals surface area contributed by atoms with Crippen molar-refractivity contribution >= 4 is 37.4 Å². The molecule has 0 aliphatic heterocycles. The van der Waals surface area contributed by atoms with Gasteiger partial charge in [-0.3, -0.25) is 0 Å². The predicted octanol–water partition coefficient (Wildman–Crippen LogP) is 2.68. The molecule has 21 heavy (non-hydrogen) atoms. The number of sulfonamides is 1. The van der Waals surface area contributed by atoms with Gasteiger partial charge in [-0.2, -0.15) is 0 Å². The van der Waals surface area contributed by atoms with Crippen molar-refractivity contribution in [2.45, 2.75) is 30.7 Å². The lowest BCUT2D eigenvalue weighted by atomic mass is 10.2. The van der Waals surface area contributed by atoms with Gasteiger partial charge in [-0.25, -0.2) is 17.9 Å². The zero-order chi connectivity index (χ0) is 15.2. The van der Waals surface area contributed by atoms with E-state index in [9.17, 15) is 18.3 Å². The van der Waals surface area contributed by atoms with Crippen LogP contribution in [0.2, 0.25) is 0 Å². The molecule has 3 rings (SSSR count). The summed E-state index contributed by atoms with van der Waals surface area (Å²) >= 11 is 0.994. The van der Waals surface area contributed by atoms with Crippen LogP contribution in [-0.2, 0) is 10.0 Å². The van der Waals surface area contributed by atoms with Crippen molar-refractivity contribution in [1.29, 1.82) is 0 Å². The highest BCUT2D eigenvalue weighted by Gasteiger charge is 2.40. The molecule has 2 N–H and O–H groups in total. The highest BCUT2D eigenvalue weighted by molar-refractivity contribution is 7.90. The summed E-state index contributed by atoms with van der Waals surface area (Å²) in [6.45, 7) is 2.02. The minimum atomic E-state index is -3.82. The molecular weight excluding hydrogens is 310 g/mol. The number of benzene rings is 1. The van der Waals surface area contributed by atoms with Gasteiger partial charge >= 0.3 is 5.97 Å². The second-order valence-electron chi connectivity index (χ2n) is 5.19. The summed E-state index contributed by atoms with van der Waals surface area (Å²) in [4.78, 5) is 11.2. The van der Waals surface area contributed by atoms with Crippen LogP contribution in [0.15, 0.2) is 29.2 Å². The predicted molar refractivity (Wildman–Crippen MR) is 81.3 cm³/mol. The van der Waals surface area contributed by atoms with Crippen LogP contribution in [0.4, 0.5) is 0 Å². The van der Waals surface area contributed by atoms with Gasteiger partial charge in [0.05, 0.1) is 0 Å². The normalized spacial score (nSPS) is 21.6. The molecule has 2 atom stereocenters. The van der Waals surface area contributed by atoms with Crippen molar-refractivity contribution in [2.24, 2.45) is 5.92 Å². The van der Waals surface area contributed by atoms with E-state index in [-0.39, 0.29) is 15.8 Å². The Morgan fingerprint density at radius 3 is 2.76 bits per heavy atom. The molecule has 1 aliphatic rings. The largest absolute Gasteiger partial charge is 0.477 e. The number of hydrogen-bond acceptors (Lipinski definition) is 4. The summed E-state index contributed by atoms with van der Waals surface area (Å²) < 4.78 is 28.5. The lowest BCUT2D eigenvalue weighted by Gasteiger charge is -2.06. The fourth-order valence-corrected chi connectivity index (χ4v) is 5.59. The van der Waals surface area contributed by atoms with Crippen molar-refractivity contribution < 1.29 is 18.3 Å². The maximum atomic E-state index is 12.6. The van der Waals surface area contributed by atoms with Gasteiger partial charge in [-0.05, 0) is 18.4 Å². The number of carboxylic acids is 1. The topological polar surface area (TPSA) is 83.5 Å². The van der Waals surface area contributed by atoms with Crippen LogP contribution in [0.3, 0.4) is 0 Å². The van der Waals surface area contributed by atoms with E-state index >= 15 is 0 Å². The molecule has 1 aliphatic carbocycles. The standard InChI is InChI=1S/C14H15NO4S2/c1-2-8-7-10(8)15-21(18,19)13-9-5-3-4-6-11(9)20-12(13)14(16)17/h3-6,8,10,15H,2,7H2,1H3,(H,16,17). The Bertz CT molecular complexity index is 809. The number of carbonyl (C=O) groups is 1. The highest BCUT2D eigenvalue weighted by atomic mass is 32.2. The third-order valence-electron chi connectivity index (χ3n) is 3.77. The van der Waals surface area contributed by atoms with Crippen LogP contribution in [0.5, 0.6) is 0 Å². The molecule has 5 nitrogen and oxygen atoms in total. The molecule has 1 fully saturated rings. The molecule has 1 heterocycles. The molecule has 0 saturated heterocycles. The van der Waals surface area contributed by atoms with Gasteiger partial charge < -0.3 is 5.11 Å². The van der Waals surface area contributed by atoms with Crippen LogP contribution in [0.25, 0.3) is 10.1 Å². The Morgan fingerprint density at radius 2 is 2.14 bits per heavy atom. The number of hydrogen-bond donors (Lipinski definition) is 2. The van der Waals surface area contributed by atoms with E-state index in [1.54, 1.807) is 24.3 Å². The van der Waals surface area contributed by atoms with Crippen LogP contribution in [-0.4, -0.2) is 25.5 Å². The maximum absolute atomic E-state index is 12.6. The number of carboxylic acid groups (broad SMARTS) is 1. The van der Waals surface area contributed by atoms with Gasteiger partial charge in [0, 0.05) is 16.1 Å². The van der Waals surface area contributed by atoms with E-state index in [2.05, 4.69) is 4.72 Å². The molecule has 1 aromatic heterocycles. The molecule has 0 bridgehead atoms. The smallest absolute Gasteiger partial charge is 0.347 e. The molecular formula is C14H15NO4S2. The third kappa shape index (κ3) is 2.56. The molecule has 0 radical (unpaired) electrons. The number of aromatic carboxylic acids is 1. The summed E-state index contributed by atoms with van der Waals surface area (Å²) in [7, 11) is -3.82. The molecule has 2 aromatic rings. The van der Waals surface area contributed by atoms with Crippen LogP contribution in [0.1, 0.15) is 29.4 Å². The van der Waals surface area contributed by atoms with Crippen LogP contribution in [0, 0.1) is 5.92 Å². The molecule has 0 amide bonds. The zero-order valence-corrected chi connectivity index (χ0v) is 13.0. The van der Waals surface area contributed by atoms with Crippen molar-refractivity contribution in [3.8, 4) is 0 Å². The van der Waals surface area contributed by atoms with E-state index in [4.69, 9.17) is 0 Å². The monoisotopic (exact) mass is 325 g/mol. The maximum Gasteiger partial charge on any atom is 0.347 e. The minimum Gasteiger partial charge on any atom is -0.477 e. The summed E-state index contributed by atoms with van der Waals surface area (Å²) in [6.07, 6.45) is 1.74. The fourth-order valence-electron chi connectivity index (χ4n) is 2.53. The average Bonchev–Trinajstić information content (AvgIpc) is 3.03. The number of fused-ring (bicyclic) bond motifs is 1. The first-order valence-electron chi connectivity index (χ1n) is 6.71. The average molecular weight is 325 g/mol. The van der Waals surface area contributed by atoms with Gasteiger partial charge in [0.1, 0.15) is 9.77 Å². The first kappa shape index (κ1) is 14.5. The summed E-state index contributed by atoms with van der Waals surface area (Å²) in [5.41, 5.74) is 0. The van der Waals surface area contributed by atoms with Crippen molar-refractivity contribution in [1.82, 2.24) is 4.72 Å². The minimum absolute atomic E-state index is 0.0692. The van der Waals surface area contributed by atoms with E-state index in [1.165, 1.54) is 0 Å². The Hall–Kier alpha value is -1.44. The molecule has 1 saturated carbocycles. The number of rotatable bonds is 5. The van der Waals surface area contributed by atoms with Crippen molar-refractivity contribution in [3.63, 3.8) is 0 Å². The Morgan fingerprint density at radius 1 is 1.43 bits per heavy atom. The summed E-state index contributed by atoms with van der Waals surface area (Å²) in [6, 6.07) is 6.79. The Labute approximate surface area is 126 Å². The van der Waals surface area contributed by atoms with Gasteiger partial charge in [-0.1, -0.05) is 31.5 Å². The fraction of sp³-hybridized carbons (Fsp3) is 0.357. The number of thiophene rings is 1. The zero-order valence-electron chi connectivity index (χ0n) is 11.4. The Kier molecular flexibility index (Phi) is 3.51. The Balaban J connectivity index is 2.10. The van der Waals surface area contributed by atoms with E-state index in [0.717, 1.165) is 24.2 Å². The first-order valence-corrected chi connectivity index (χ1v) is 9.01. The summed E-state index contributed by atoms with van der Waals surface area (Å²) in [5.74, 6) is -0.850. The molecule has 1 aromatic carbocycles. The first-order chi connectivity index (χ1) is 9.94. The third-order valence-corrected chi connectivity index (χ3v) is 6.63. The lowest BCUT2D eigenvalue weighted by Crippen LogP contribution is -2.28. The second-order valence-corrected chi connectivity index (χ2v) is 7.90. The SMILES string of the molecule is CCC1CC1NS(=O)(=O)c1c(C(=O)O)sc2ccccc12. The molecule has 0 spiro atoms. The van der Waals surface area contributed by atoms with Crippen molar-refractivity contribution in [2.75, 3.05) is 0 Å². The quantitative estimate of drug-likeness (QED) is 0.885. The number of nitrogens with one attached hydrogen (secondary N) is 1. The molecule has 112 valence electrons. The van der Waals surface area contributed by atoms with Gasteiger partial charge in [0.2, 0.25) is 10.0 Å².